The molecule has 0 atom stereocenters. The molecule has 1 aromatic heterocycles. The summed E-state index contributed by atoms with van der Waals surface area (Å²) in [6, 6.07) is 9.31. The number of carboxylic acid groups (broad SMARTS) is 1. The highest BCUT2D eigenvalue weighted by atomic mass is 35.5. The summed E-state index contributed by atoms with van der Waals surface area (Å²) < 4.78 is 1.75. The van der Waals surface area contributed by atoms with Gasteiger partial charge in [-0.1, -0.05) is 42.8 Å². The molecular weight excluding hydrogens is 296 g/mol. The van der Waals surface area contributed by atoms with Crippen LogP contribution < -0.4 is 0 Å². The highest BCUT2D eigenvalue weighted by Crippen LogP contribution is 2.25. The maximum absolute atomic E-state index is 10.7. The Morgan fingerprint density at radius 2 is 2.25 bits per heavy atom. The van der Waals surface area contributed by atoms with Crippen molar-refractivity contribution in [3.05, 3.63) is 41.0 Å². The summed E-state index contributed by atoms with van der Waals surface area (Å²) in [6.45, 7) is 2.09. The van der Waals surface area contributed by atoms with Crippen molar-refractivity contribution in [3.63, 3.8) is 0 Å². The van der Waals surface area contributed by atoms with Crippen molar-refractivity contribution in [3.8, 4) is 5.69 Å². The van der Waals surface area contributed by atoms with E-state index in [0.717, 1.165) is 29.2 Å². The average molecular weight is 311 g/mol. The van der Waals surface area contributed by atoms with Crippen LogP contribution in [0.3, 0.4) is 0 Å². The molecule has 4 nitrogen and oxygen atoms in total. The van der Waals surface area contributed by atoms with Gasteiger partial charge in [-0.15, -0.1) is 0 Å². The molecule has 106 valence electrons. The van der Waals surface area contributed by atoms with Crippen LogP contribution in [0.1, 0.15) is 19.0 Å². The number of hydrogen-bond donors (Lipinski definition) is 1. The molecule has 2 rings (SSSR count). The molecule has 0 saturated heterocycles. The lowest BCUT2D eigenvalue weighted by Crippen LogP contribution is -2.02. The maximum atomic E-state index is 10.7. The van der Waals surface area contributed by atoms with E-state index >= 15 is 0 Å². The first-order valence-electron chi connectivity index (χ1n) is 6.29. The van der Waals surface area contributed by atoms with E-state index in [1.807, 2.05) is 24.3 Å². The molecular formula is C14H15ClN2O2S. The summed E-state index contributed by atoms with van der Waals surface area (Å²) in [5.74, 6) is -0.830. The van der Waals surface area contributed by atoms with E-state index < -0.39 is 5.97 Å². The zero-order valence-corrected chi connectivity index (χ0v) is 12.6. The third-order valence-corrected chi connectivity index (χ3v) is 3.84. The number of rotatable bonds is 6. The number of aromatic nitrogens is 2. The number of carbonyl (C=O) groups is 1. The Labute approximate surface area is 126 Å². The van der Waals surface area contributed by atoms with E-state index in [-0.39, 0.29) is 5.75 Å². The summed E-state index contributed by atoms with van der Waals surface area (Å²) >= 11 is 7.26. The van der Waals surface area contributed by atoms with Gasteiger partial charge in [-0.2, -0.15) is 5.10 Å². The summed E-state index contributed by atoms with van der Waals surface area (Å²) in [5.41, 5.74) is 1.80. The quantitative estimate of drug-likeness (QED) is 0.827. The van der Waals surface area contributed by atoms with E-state index in [1.54, 1.807) is 10.7 Å². The van der Waals surface area contributed by atoms with Gasteiger partial charge in [0, 0.05) is 5.02 Å². The van der Waals surface area contributed by atoms with Crippen LogP contribution in [0.25, 0.3) is 5.69 Å². The molecule has 0 spiro atoms. The number of aryl methyl sites for hydroxylation is 1. The Balaban J connectivity index is 2.35. The largest absolute Gasteiger partial charge is 0.481 e. The number of nitrogens with zero attached hydrogens (tertiary/aromatic N) is 2. The van der Waals surface area contributed by atoms with Crippen molar-refractivity contribution in [1.82, 2.24) is 9.78 Å². The monoisotopic (exact) mass is 310 g/mol. The highest BCUT2D eigenvalue weighted by molar-refractivity contribution is 7.99. The van der Waals surface area contributed by atoms with Crippen molar-refractivity contribution < 1.29 is 9.90 Å². The number of aliphatic carboxylic acids is 1. The zero-order valence-electron chi connectivity index (χ0n) is 11.0. The fraction of sp³-hybridized carbons (Fsp3) is 0.286. The third-order valence-electron chi connectivity index (χ3n) is 2.63. The third kappa shape index (κ3) is 3.77. The smallest absolute Gasteiger partial charge is 0.313 e. The minimum atomic E-state index is -0.842. The molecule has 20 heavy (non-hydrogen) atoms. The Hall–Kier alpha value is -1.46. The average Bonchev–Trinajstić information content (AvgIpc) is 2.80. The van der Waals surface area contributed by atoms with Gasteiger partial charge in [0.25, 0.3) is 0 Å². The standard InChI is InChI=1S/C14H15ClN2O2S/c1-2-4-11-8-13(20-9-14(18)19)17(16-11)12-6-3-5-10(15)7-12/h3,5-8H,2,4,9H2,1H3,(H,18,19). The van der Waals surface area contributed by atoms with E-state index in [4.69, 9.17) is 16.7 Å². The van der Waals surface area contributed by atoms with Gasteiger partial charge in [0.2, 0.25) is 0 Å². The second-order valence-electron chi connectivity index (χ2n) is 4.30. The number of thioether (sulfide) groups is 1. The summed E-state index contributed by atoms with van der Waals surface area (Å²) in [5, 5.41) is 14.8. The Kier molecular flexibility index (Phi) is 5.09. The molecule has 1 aromatic carbocycles. The van der Waals surface area contributed by atoms with Crippen LogP contribution in [0.2, 0.25) is 5.02 Å². The van der Waals surface area contributed by atoms with Crippen molar-refractivity contribution in [2.75, 3.05) is 5.75 Å². The lowest BCUT2D eigenvalue weighted by molar-refractivity contribution is -0.133. The van der Waals surface area contributed by atoms with Crippen LogP contribution in [-0.4, -0.2) is 26.6 Å². The maximum Gasteiger partial charge on any atom is 0.313 e. The van der Waals surface area contributed by atoms with Crippen LogP contribution in [0.5, 0.6) is 0 Å². The van der Waals surface area contributed by atoms with Crippen LogP contribution >= 0.6 is 23.4 Å². The SMILES string of the molecule is CCCc1cc(SCC(=O)O)n(-c2cccc(Cl)c2)n1. The van der Waals surface area contributed by atoms with Gasteiger partial charge in [-0.25, -0.2) is 4.68 Å². The van der Waals surface area contributed by atoms with Gasteiger partial charge in [0.15, 0.2) is 0 Å². The molecule has 2 aromatic rings. The van der Waals surface area contributed by atoms with Crippen molar-refractivity contribution in [2.45, 2.75) is 24.8 Å². The molecule has 1 N–H and O–H groups in total. The first-order chi connectivity index (χ1) is 9.60. The zero-order chi connectivity index (χ0) is 14.5. The lowest BCUT2D eigenvalue weighted by atomic mass is 10.3. The van der Waals surface area contributed by atoms with Crippen LogP contribution in [0.4, 0.5) is 0 Å². The van der Waals surface area contributed by atoms with Gasteiger partial charge in [-0.05, 0) is 30.7 Å². The van der Waals surface area contributed by atoms with E-state index in [2.05, 4.69) is 12.0 Å². The van der Waals surface area contributed by atoms with E-state index in [9.17, 15) is 4.79 Å². The second kappa shape index (κ2) is 6.81. The molecule has 0 fully saturated rings. The fourth-order valence-corrected chi connectivity index (χ4v) is 2.76. The number of carboxylic acids is 1. The van der Waals surface area contributed by atoms with Crippen LogP contribution in [-0.2, 0) is 11.2 Å². The topological polar surface area (TPSA) is 55.1 Å². The van der Waals surface area contributed by atoms with Gasteiger partial charge in [0.05, 0.1) is 17.1 Å². The lowest BCUT2D eigenvalue weighted by Gasteiger charge is -2.06. The number of benzene rings is 1. The molecule has 0 aliphatic heterocycles. The van der Waals surface area contributed by atoms with E-state index in [0.29, 0.717) is 5.02 Å². The van der Waals surface area contributed by atoms with Crippen molar-refractivity contribution in [1.29, 1.82) is 0 Å². The number of halogens is 1. The summed E-state index contributed by atoms with van der Waals surface area (Å²) in [4.78, 5) is 10.7. The van der Waals surface area contributed by atoms with Crippen molar-refractivity contribution in [2.24, 2.45) is 0 Å². The predicted octanol–water partition coefficient (Wildman–Crippen LogP) is 3.65. The van der Waals surface area contributed by atoms with Crippen molar-refractivity contribution >= 4 is 29.3 Å². The molecule has 0 aliphatic carbocycles. The molecule has 0 unspecified atom stereocenters. The molecule has 0 amide bonds. The van der Waals surface area contributed by atoms with Gasteiger partial charge < -0.3 is 5.11 Å². The Morgan fingerprint density at radius 1 is 1.45 bits per heavy atom. The molecule has 0 aliphatic rings. The Morgan fingerprint density at radius 3 is 2.90 bits per heavy atom. The minimum Gasteiger partial charge on any atom is -0.481 e. The summed E-state index contributed by atoms with van der Waals surface area (Å²) in [6.07, 6.45) is 1.86. The first-order valence-corrected chi connectivity index (χ1v) is 7.66. The summed E-state index contributed by atoms with van der Waals surface area (Å²) in [7, 11) is 0. The molecule has 0 saturated carbocycles. The van der Waals surface area contributed by atoms with Crippen LogP contribution in [0, 0.1) is 0 Å². The van der Waals surface area contributed by atoms with Gasteiger partial charge >= 0.3 is 5.97 Å². The molecule has 0 radical (unpaired) electrons. The molecule has 6 heteroatoms. The normalized spacial score (nSPS) is 10.7. The fourth-order valence-electron chi connectivity index (χ4n) is 1.82. The first kappa shape index (κ1) is 14.9. The highest BCUT2D eigenvalue weighted by Gasteiger charge is 2.11. The van der Waals surface area contributed by atoms with Gasteiger partial charge in [0.1, 0.15) is 5.03 Å². The predicted molar refractivity (Wildman–Crippen MR) is 80.9 cm³/mol. The minimum absolute atomic E-state index is 0.0117. The second-order valence-corrected chi connectivity index (χ2v) is 5.73. The van der Waals surface area contributed by atoms with Crippen LogP contribution in [0.15, 0.2) is 35.4 Å². The molecule has 0 bridgehead atoms. The number of hydrogen-bond acceptors (Lipinski definition) is 3. The van der Waals surface area contributed by atoms with Gasteiger partial charge in [-0.3, -0.25) is 4.79 Å². The van der Waals surface area contributed by atoms with E-state index in [1.165, 1.54) is 11.8 Å². The molecule has 1 heterocycles. The Bertz CT molecular complexity index is 613.